The van der Waals surface area contributed by atoms with Crippen molar-refractivity contribution in [3.63, 3.8) is 0 Å². The van der Waals surface area contributed by atoms with Crippen molar-refractivity contribution in [1.29, 1.82) is 0 Å². The van der Waals surface area contributed by atoms with Gasteiger partial charge in [-0.15, -0.1) is 0 Å². The lowest BCUT2D eigenvalue weighted by Gasteiger charge is -2.14. The van der Waals surface area contributed by atoms with Gasteiger partial charge in [0.05, 0.1) is 7.11 Å². The minimum Gasteiger partial charge on any atom is -0.453 e. The van der Waals surface area contributed by atoms with Gasteiger partial charge in [-0.25, -0.2) is 4.79 Å². The Morgan fingerprint density at radius 1 is 1.33 bits per heavy atom. The summed E-state index contributed by atoms with van der Waals surface area (Å²) >= 11 is 0. The van der Waals surface area contributed by atoms with E-state index in [2.05, 4.69) is 5.32 Å². The number of rotatable bonds is 3. The second-order valence-electron chi connectivity index (χ2n) is 5.96. The Balaban J connectivity index is 1.62. The molecule has 1 unspecified atom stereocenters. The molecule has 2 amide bonds. The zero-order chi connectivity index (χ0) is 17.1. The van der Waals surface area contributed by atoms with Crippen molar-refractivity contribution in [2.75, 3.05) is 20.2 Å². The van der Waals surface area contributed by atoms with Gasteiger partial charge in [0, 0.05) is 54.9 Å². The molecule has 0 aliphatic carbocycles. The molecule has 1 aromatic carbocycles. The molecule has 0 spiro atoms. The largest absolute Gasteiger partial charge is 0.453 e. The first-order chi connectivity index (χ1) is 11.6. The number of ether oxygens (including phenoxy) is 1. The lowest BCUT2D eigenvalue weighted by molar-refractivity contribution is -0.117. The van der Waals surface area contributed by atoms with Gasteiger partial charge in [0.2, 0.25) is 5.91 Å². The number of carbonyl (C=O) groups is 2. The van der Waals surface area contributed by atoms with Gasteiger partial charge in [0.1, 0.15) is 0 Å². The number of aromatic nitrogens is 1. The summed E-state index contributed by atoms with van der Waals surface area (Å²) in [6.07, 6.45) is 5.76. The number of carbonyl (C=O) groups excluding carboxylic acids is 2. The fraction of sp³-hybridized carbons (Fsp3) is 0.333. The number of hydrogen-bond acceptors (Lipinski definition) is 3. The van der Waals surface area contributed by atoms with Gasteiger partial charge in [0.15, 0.2) is 0 Å². The lowest BCUT2D eigenvalue weighted by atomic mass is 10.1. The molecular formula is C18H21N3O3. The third-order valence-electron chi connectivity index (χ3n) is 4.31. The maximum atomic E-state index is 12.1. The Bertz CT molecular complexity index is 794. The van der Waals surface area contributed by atoms with E-state index in [9.17, 15) is 9.59 Å². The van der Waals surface area contributed by atoms with Crippen LogP contribution in [0.1, 0.15) is 12.0 Å². The topological polar surface area (TPSA) is 63.6 Å². The van der Waals surface area contributed by atoms with E-state index in [-0.39, 0.29) is 18.0 Å². The number of para-hydroxylation sites is 1. The van der Waals surface area contributed by atoms with Crippen molar-refractivity contribution >= 4 is 29.0 Å². The number of fused-ring (bicyclic) bond motifs is 1. The number of benzene rings is 1. The highest BCUT2D eigenvalue weighted by atomic mass is 16.5. The van der Waals surface area contributed by atoms with Crippen molar-refractivity contribution in [3.05, 3.63) is 42.1 Å². The van der Waals surface area contributed by atoms with Crippen LogP contribution in [0.25, 0.3) is 17.0 Å². The quantitative estimate of drug-likeness (QED) is 0.879. The van der Waals surface area contributed by atoms with Gasteiger partial charge < -0.3 is 19.5 Å². The third-order valence-corrected chi connectivity index (χ3v) is 4.31. The van der Waals surface area contributed by atoms with Crippen molar-refractivity contribution in [1.82, 2.24) is 14.8 Å². The average molecular weight is 327 g/mol. The number of hydrogen-bond donors (Lipinski definition) is 1. The van der Waals surface area contributed by atoms with Gasteiger partial charge >= 0.3 is 6.09 Å². The van der Waals surface area contributed by atoms with E-state index in [0.717, 1.165) is 22.9 Å². The Morgan fingerprint density at radius 2 is 2.12 bits per heavy atom. The van der Waals surface area contributed by atoms with E-state index in [4.69, 9.17) is 4.74 Å². The standard InChI is InChI=1S/C18H21N3O3/c1-20-11-13(15-5-3-4-6-16(15)20)7-8-17(22)19-14-9-10-21(12-14)18(23)24-2/h3-8,11,14H,9-10,12H2,1-2H3,(H,19,22). The fourth-order valence-corrected chi connectivity index (χ4v) is 3.09. The number of nitrogens with one attached hydrogen (secondary N) is 1. The van der Waals surface area contributed by atoms with Crippen LogP contribution in [-0.4, -0.2) is 47.7 Å². The van der Waals surface area contributed by atoms with E-state index < -0.39 is 0 Å². The number of aryl methyl sites for hydroxylation is 1. The van der Waals surface area contributed by atoms with Crippen LogP contribution in [0.15, 0.2) is 36.5 Å². The van der Waals surface area contributed by atoms with E-state index >= 15 is 0 Å². The number of nitrogens with zero attached hydrogens (tertiary/aromatic N) is 2. The molecule has 0 bridgehead atoms. The highest BCUT2D eigenvalue weighted by Gasteiger charge is 2.27. The van der Waals surface area contributed by atoms with Gasteiger partial charge in [-0.1, -0.05) is 18.2 Å². The van der Waals surface area contributed by atoms with Crippen molar-refractivity contribution in [2.24, 2.45) is 7.05 Å². The molecule has 3 rings (SSSR count). The Morgan fingerprint density at radius 3 is 2.92 bits per heavy atom. The zero-order valence-corrected chi connectivity index (χ0v) is 13.9. The number of likely N-dealkylation sites (tertiary alicyclic amines) is 1. The van der Waals surface area contributed by atoms with Crippen LogP contribution < -0.4 is 5.32 Å². The Hall–Kier alpha value is -2.76. The number of amides is 2. The summed E-state index contributed by atoms with van der Waals surface area (Å²) in [5.74, 6) is -0.153. The van der Waals surface area contributed by atoms with Crippen LogP contribution in [0.4, 0.5) is 4.79 Å². The van der Waals surface area contributed by atoms with Crippen LogP contribution in [-0.2, 0) is 16.6 Å². The van der Waals surface area contributed by atoms with Crippen LogP contribution in [0.2, 0.25) is 0 Å². The monoisotopic (exact) mass is 327 g/mol. The average Bonchev–Trinajstić information content (AvgIpc) is 3.18. The Labute approximate surface area is 140 Å². The van der Waals surface area contributed by atoms with E-state index in [1.54, 1.807) is 11.0 Å². The van der Waals surface area contributed by atoms with Crippen molar-refractivity contribution in [2.45, 2.75) is 12.5 Å². The second kappa shape index (κ2) is 6.78. The van der Waals surface area contributed by atoms with Crippen molar-refractivity contribution < 1.29 is 14.3 Å². The highest BCUT2D eigenvalue weighted by molar-refractivity contribution is 5.96. The smallest absolute Gasteiger partial charge is 0.409 e. The molecule has 2 aromatic rings. The molecule has 1 N–H and O–H groups in total. The third kappa shape index (κ3) is 3.27. The van der Waals surface area contributed by atoms with E-state index in [1.165, 1.54) is 7.11 Å². The van der Waals surface area contributed by atoms with E-state index in [0.29, 0.717) is 13.1 Å². The first-order valence-corrected chi connectivity index (χ1v) is 7.94. The molecule has 1 saturated heterocycles. The van der Waals surface area contributed by atoms with Gasteiger partial charge in [0.25, 0.3) is 0 Å². The maximum absolute atomic E-state index is 12.1. The van der Waals surface area contributed by atoms with Crippen LogP contribution in [0.5, 0.6) is 0 Å². The molecule has 1 aromatic heterocycles. The molecule has 1 aliphatic heterocycles. The van der Waals surface area contributed by atoms with Crippen LogP contribution in [0.3, 0.4) is 0 Å². The first-order valence-electron chi connectivity index (χ1n) is 7.94. The number of methoxy groups -OCH3 is 1. The molecule has 0 saturated carbocycles. The SMILES string of the molecule is COC(=O)N1CCC(NC(=O)C=Cc2cn(C)c3ccccc23)C1. The minimum atomic E-state index is -0.349. The van der Waals surface area contributed by atoms with Crippen molar-refractivity contribution in [3.8, 4) is 0 Å². The fourth-order valence-electron chi connectivity index (χ4n) is 3.09. The normalized spacial score (nSPS) is 17.6. The Kier molecular flexibility index (Phi) is 4.55. The van der Waals surface area contributed by atoms with Crippen LogP contribution >= 0.6 is 0 Å². The van der Waals surface area contributed by atoms with Crippen LogP contribution in [0, 0.1) is 0 Å². The molecule has 6 nitrogen and oxygen atoms in total. The predicted octanol–water partition coefficient (Wildman–Crippen LogP) is 2.15. The van der Waals surface area contributed by atoms with Gasteiger partial charge in [-0.3, -0.25) is 4.79 Å². The minimum absolute atomic E-state index is 0.0335. The summed E-state index contributed by atoms with van der Waals surface area (Å²) in [4.78, 5) is 25.2. The van der Waals surface area contributed by atoms with Gasteiger partial charge in [-0.05, 0) is 18.6 Å². The summed E-state index contributed by atoms with van der Waals surface area (Å²) in [6, 6.07) is 8.04. The molecule has 126 valence electrons. The molecule has 2 heterocycles. The summed E-state index contributed by atoms with van der Waals surface area (Å²) in [6.45, 7) is 1.09. The zero-order valence-electron chi connectivity index (χ0n) is 13.9. The molecule has 0 radical (unpaired) electrons. The lowest BCUT2D eigenvalue weighted by Crippen LogP contribution is -2.37. The molecule has 1 atom stereocenters. The molecule has 1 aliphatic rings. The predicted molar refractivity (Wildman–Crippen MR) is 92.5 cm³/mol. The second-order valence-corrected chi connectivity index (χ2v) is 5.96. The van der Waals surface area contributed by atoms with Gasteiger partial charge in [-0.2, -0.15) is 0 Å². The summed E-state index contributed by atoms with van der Waals surface area (Å²) in [5.41, 5.74) is 2.13. The first kappa shape index (κ1) is 16.1. The molecule has 1 fully saturated rings. The van der Waals surface area contributed by atoms with E-state index in [1.807, 2.05) is 48.2 Å². The summed E-state index contributed by atoms with van der Waals surface area (Å²) < 4.78 is 6.73. The highest BCUT2D eigenvalue weighted by Crippen LogP contribution is 2.21. The maximum Gasteiger partial charge on any atom is 0.409 e. The molecular weight excluding hydrogens is 306 g/mol. The summed E-state index contributed by atoms with van der Waals surface area (Å²) in [7, 11) is 3.35. The summed E-state index contributed by atoms with van der Waals surface area (Å²) in [5, 5.41) is 4.04. The molecule has 6 heteroatoms. The molecule has 24 heavy (non-hydrogen) atoms.